The zero-order valence-electron chi connectivity index (χ0n) is 21.6. The van der Waals surface area contributed by atoms with Crippen LogP contribution in [0.5, 0.6) is 5.88 Å². The number of amides is 2. The molecule has 3 N–H and O–H groups in total. The summed E-state index contributed by atoms with van der Waals surface area (Å²) in [6.45, 7) is 7.44. The molecule has 0 spiro atoms. The van der Waals surface area contributed by atoms with Gasteiger partial charge in [0.05, 0.1) is 18.3 Å². The van der Waals surface area contributed by atoms with Gasteiger partial charge in [-0.15, -0.1) is 0 Å². The number of rotatable bonds is 10. The molecule has 0 radical (unpaired) electrons. The first-order chi connectivity index (χ1) is 17.9. The Morgan fingerprint density at radius 2 is 1.89 bits per heavy atom. The topological polar surface area (TPSA) is 102 Å². The lowest BCUT2D eigenvalue weighted by molar-refractivity contribution is -0.139. The number of nitrogens with one attached hydrogen (secondary N) is 3. The van der Waals surface area contributed by atoms with Gasteiger partial charge < -0.3 is 20.1 Å². The molecular weight excluding hydrogens is 508 g/mol. The van der Waals surface area contributed by atoms with Crippen molar-refractivity contribution >= 4 is 11.8 Å². The van der Waals surface area contributed by atoms with E-state index in [1.165, 1.54) is 6.20 Å². The number of pyridine rings is 1. The number of benzene rings is 1. The molecule has 2 heterocycles. The average Bonchev–Trinajstić information content (AvgIpc) is 2.84. The fourth-order valence-electron chi connectivity index (χ4n) is 3.88. The maximum absolute atomic E-state index is 15.5. The van der Waals surface area contributed by atoms with E-state index in [1.54, 1.807) is 26.0 Å². The van der Waals surface area contributed by atoms with Crippen LogP contribution < -0.4 is 20.7 Å². The van der Waals surface area contributed by atoms with Gasteiger partial charge in [0.1, 0.15) is 18.6 Å². The number of nitrogens with zero attached hydrogens (tertiary/aromatic N) is 1. The quantitative estimate of drug-likeness (QED) is 0.309. The highest BCUT2D eigenvalue weighted by molar-refractivity contribution is 5.78. The Balaban J connectivity index is 1.83. The maximum Gasteiger partial charge on any atom is 0.416 e. The molecular formula is C26H32F4N4O4. The van der Waals surface area contributed by atoms with Crippen molar-refractivity contribution in [3.05, 3.63) is 58.5 Å². The third-order valence-corrected chi connectivity index (χ3v) is 5.84. The summed E-state index contributed by atoms with van der Waals surface area (Å²) in [5, 5.41) is 7.82. The lowest BCUT2D eigenvalue weighted by Crippen LogP contribution is -2.47. The molecule has 3 rings (SSSR count). The molecule has 12 heteroatoms. The van der Waals surface area contributed by atoms with Crippen molar-refractivity contribution in [2.24, 2.45) is 5.92 Å². The minimum atomic E-state index is -4.88. The molecule has 2 amide bonds. The van der Waals surface area contributed by atoms with Crippen LogP contribution in [0.4, 0.5) is 17.6 Å². The van der Waals surface area contributed by atoms with Gasteiger partial charge >= 0.3 is 6.18 Å². The van der Waals surface area contributed by atoms with E-state index in [0.29, 0.717) is 18.1 Å². The van der Waals surface area contributed by atoms with E-state index in [1.807, 2.05) is 13.8 Å². The lowest BCUT2D eigenvalue weighted by Gasteiger charge is -2.34. The summed E-state index contributed by atoms with van der Waals surface area (Å²) in [4.78, 5) is 28.6. The van der Waals surface area contributed by atoms with Crippen LogP contribution in [0.15, 0.2) is 30.5 Å². The summed E-state index contributed by atoms with van der Waals surface area (Å²) in [7, 11) is 0. The molecule has 1 saturated heterocycles. The van der Waals surface area contributed by atoms with Gasteiger partial charge in [0.25, 0.3) is 0 Å². The third kappa shape index (κ3) is 7.64. The van der Waals surface area contributed by atoms with Gasteiger partial charge in [-0.2, -0.15) is 13.2 Å². The van der Waals surface area contributed by atoms with Crippen LogP contribution >= 0.6 is 0 Å². The minimum Gasteiger partial charge on any atom is -0.475 e. The van der Waals surface area contributed by atoms with Gasteiger partial charge in [-0.05, 0) is 25.5 Å². The number of alkyl halides is 3. The molecule has 1 aromatic heterocycles. The van der Waals surface area contributed by atoms with Crippen molar-refractivity contribution < 1.29 is 36.6 Å². The van der Waals surface area contributed by atoms with Crippen LogP contribution in [0.25, 0.3) is 0 Å². The highest BCUT2D eigenvalue weighted by Crippen LogP contribution is 2.38. The van der Waals surface area contributed by atoms with Crippen molar-refractivity contribution in [1.82, 2.24) is 20.9 Å². The lowest BCUT2D eigenvalue weighted by atomic mass is 9.95. The second kappa shape index (κ2) is 12.5. The predicted octanol–water partition coefficient (Wildman–Crippen LogP) is 4.16. The SMILES string of the molecule is CC(C)OCCOc1ccc(C2CC(=O)NC(c3c(C(F)(F)F)ccc(CNC(=O)C(C)C)c3F)N2)cn1. The highest BCUT2D eigenvalue weighted by atomic mass is 19.4. The Kier molecular flexibility index (Phi) is 9.66. The van der Waals surface area contributed by atoms with E-state index in [2.05, 4.69) is 20.9 Å². The molecule has 1 aromatic carbocycles. The Morgan fingerprint density at radius 1 is 1.16 bits per heavy atom. The fraction of sp³-hybridized carbons (Fsp3) is 0.500. The molecule has 1 aliphatic rings. The van der Waals surface area contributed by atoms with Crippen molar-refractivity contribution in [2.75, 3.05) is 13.2 Å². The van der Waals surface area contributed by atoms with Crippen LogP contribution in [0.2, 0.25) is 0 Å². The molecule has 0 saturated carbocycles. The number of ether oxygens (including phenoxy) is 2. The fourth-order valence-corrected chi connectivity index (χ4v) is 3.88. The van der Waals surface area contributed by atoms with E-state index in [-0.39, 0.29) is 43.1 Å². The van der Waals surface area contributed by atoms with Gasteiger partial charge in [-0.25, -0.2) is 9.37 Å². The third-order valence-electron chi connectivity index (χ3n) is 5.84. The first-order valence-electron chi connectivity index (χ1n) is 12.3. The normalized spacial score (nSPS) is 18.0. The standard InChI is InChI=1S/C26H32F4N4O4/c1-14(2)25(36)32-13-17-5-7-18(26(28,29)30)22(23(17)27)24-33-19(11-20(35)34-24)16-6-8-21(31-12-16)38-10-9-37-15(3)4/h5-8,12,14-15,19,24,33H,9-11,13H2,1-4H3,(H,32,36)(H,34,35). The second-order valence-corrected chi connectivity index (χ2v) is 9.49. The monoisotopic (exact) mass is 540 g/mol. The van der Waals surface area contributed by atoms with Crippen molar-refractivity contribution in [3.63, 3.8) is 0 Å². The summed E-state index contributed by atoms with van der Waals surface area (Å²) in [5.74, 6) is -2.16. The minimum absolute atomic E-state index is 0.0626. The van der Waals surface area contributed by atoms with E-state index < -0.39 is 41.2 Å². The van der Waals surface area contributed by atoms with Gasteiger partial charge in [0.15, 0.2) is 0 Å². The number of hydrogen-bond donors (Lipinski definition) is 3. The smallest absolute Gasteiger partial charge is 0.416 e. The molecule has 1 fully saturated rings. The molecule has 208 valence electrons. The zero-order valence-corrected chi connectivity index (χ0v) is 21.6. The van der Waals surface area contributed by atoms with Gasteiger partial charge in [-0.3, -0.25) is 14.9 Å². The van der Waals surface area contributed by atoms with E-state index in [0.717, 1.165) is 12.1 Å². The largest absolute Gasteiger partial charge is 0.475 e. The van der Waals surface area contributed by atoms with Crippen LogP contribution in [-0.4, -0.2) is 36.1 Å². The number of carbonyl (C=O) groups excluding carboxylic acids is 2. The molecule has 2 unspecified atom stereocenters. The van der Waals surface area contributed by atoms with Crippen LogP contribution in [0.3, 0.4) is 0 Å². The van der Waals surface area contributed by atoms with Crippen LogP contribution in [0, 0.1) is 11.7 Å². The molecule has 0 bridgehead atoms. The molecule has 8 nitrogen and oxygen atoms in total. The second-order valence-electron chi connectivity index (χ2n) is 9.49. The number of carbonyl (C=O) groups is 2. The summed E-state index contributed by atoms with van der Waals surface area (Å²) in [5.41, 5.74) is -1.59. The highest BCUT2D eigenvalue weighted by Gasteiger charge is 2.40. The number of halogens is 4. The Bertz CT molecular complexity index is 1120. The molecule has 2 atom stereocenters. The number of hydrogen-bond acceptors (Lipinski definition) is 6. The molecule has 38 heavy (non-hydrogen) atoms. The Morgan fingerprint density at radius 3 is 2.50 bits per heavy atom. The Hall–Kier alpha value is -3.25. The zero-order chi connectivity index (χ0) is 28.0. The average molecular weight is 541 g/mol. The van der Waals surface area contributed by atoms with Gasteiger partial charge in [0, 0.05) is 48.3 Å². The van der Waals surface area contributed by atoms with Crippen molar-refractivity contribution in [1.29, 1.82) is 0 Å². The van der Waals surface area contributed by atoms with E-state index in [9.17, 15) is 22.8 Å². The summed E-state index contributed by atoms with van der Waals surface area (Å²) in [6.07, 6.45) is -4.93. The van der Waals surface area contributed by atoms with E-state index in [4.69, 9.17) is 9.47 Å². The van der Waals surface area contributed by atoms with E-state index >= 15 is 4.39 Å². The predicted molar refractivity (Wildman–Crippen MR) is 130 cm³/mol. The first kappa shape index (κ1) is 29.3. The maximum atomic E-state index is 15.5. The molecule has 2 aromatic rings. The van der Waals surface area contributed by atoms with Gasteiger partial charge in [0.2, 0.25) is 17.7 Å². The van der Waals surface area contributed by atoms with Crippen molar-refractivity contribution in [2.45, 2.75) is 65.1 Å². The van der Waals surface area contributed by atoms with Crippen molar-refractivity contribution in [3.8, 4) is 5.88 Å². The van der Waals surface area contributed by atoms with Crippen LogP contribution in [-0.2, 0) is 27.0 Å². The molecule has 1 aliphatic heterocycles. The summed E-state index contributed by atoms with van der Waals surface area (Å²) >= 11 is 0. The van der Waals surface area contributed by atoms with Crippen LogP contribution in [0.1, 0.15) is 68.6 Å². The number of aromatic nitrogens is 1. The molecule has 0 aliphatic carbocycles. The van der Waals surface area contributed by atoms with Gasteiger partial charge in [-0.1, -0.05) is 26.0 Å². The summed E-state index contributed by atoms with van der Waals surface area (Å²) in [6, 6.07) is 4.22. The summed E-state index contributed by atoms with van der Waals surface area (Å²) < 4.78 is 68.0. The first-order valence-corrected chi connectivity index (χ1v) is 12.3. The Labute approximate surface area is 218 Å².